The Morgan fingerprint density at radius 1 is 1.15 bits per heavy atom. The Morgan fingerprint density at radius 3 is 2.46 bits per heavy atom. The standard InChI is InChI=1S/C21H21NO4/c1-21(2,3)14-6-4-13(5-7-14)10-18-20(24)16-9-8-15(11-17(16)26-18)25-12-19(22)23/h4-11H,12H2,1-3H3,(H2,22,23). The van der Waals surface area contributed by atoms with Crippen LogP contribution in [0.15, 0.2) is 48.2 Å². The van der Waals surface area contributed by atoms with Gasteiger partial charge in [-0.3, -0.25) is 9.59 Å². The van der Waals surface area contributed by atoms with Gasteiger partial charge < -0.3 is 15.2 Å². The lowest BCUT2D eigenvalue weighted by Gasteiger charge is -2.18. The maximum Gasteiger partial charge on any atom is 0.255 e. The second kappa shape index (κ2) is 6.67. The fourth-order valence-electron chi connectivity index (χ4n) is 2.64. The van der Waals surface area contributed by atoms with E-state index in [0.29, 0.717) is 17.1 Å². The summed E-state index contributed by atoms with van der Waals surface area (Å²) in [5, 5.41) is 0. The number of fused-ring (bicyclic) bond motifs is 1. The van der Waals surface area contributed by atoms with E-state index >= 15 is 0 Å². The van der Waals surface area contributed by atoms with Crippen molar-refractivity contribution in [2.75, 3.05) is 6.61 Å². The maximum absolute atomic E-state index is 12.5. The van der Waals surface area contributed by atoms with Gasteiger partial charge in [0.1, 0.15) is 11.5 Å². The van der Waals surface area contributed by atoms with Crippen LogP contribution in [0.5, 0.6) is 11.5 Å². The molecule has 0 unspecified atom stereocenters. The van der Waals surface area contributed by atoms with Gasteiger partial charge in [-0.1, -0.05) is 45.0 Å². The Bertz CT molecular complexity index is 889. The average Bonchev–Trinajstić information content (AvgIpc) is 2.88. The Hall–Kier alpha value is -3.08. The number of Topliss-reactive ketones (excluding diaryl/α,β-unsaturated/α-hetero) is 1. The third kappa shape index (κ3) is 3.77. The van der Waals surface area contributed by atoms with Crippen molar-refractivity contribution in [2.24, 2.45) is 5.73 Å². The average molecular weight is 351 g/mol. The van der Waals surface area contributed by atoms with E-state index < -0.39 is 5.91 Å². The summed E-state index contributed by atoms with van der Waals surface area (Å²) in [7, 11) is 0. The number of hydrogen-bond donors (Lipinski definition) is 1. The molecule has 0 saturated heterocycles. The largest absolute Gasteiger partial charge is 0.484 e. The summed E-state index contributed by atoms with van der Waals surface area (Å²) in [5.74, 6) is 0.347. The molecule has 2 N–H and O–H groups in total. The molecule has 5 heteroatoms. The highest BCUT2D eigenvalue weighted by atomic mass is 16.5. The molecular weight excluding hydrogens is 330 g/mol. The van der Waals surface area contributed by atoms with E-state index in [1.807, 2.05) is 12.1 Å². The summed E-state index contributed by atoms with van der Waals surface area (Å²) in [5.41, 5.74) is 7.71. The molecule has 0 aliphatic carbocycles. The number of carbonyl (C=O) groups is 2. The van der Waals surface area contributed by atoms with Crippen LogP contribution in [0.1, 0.15) is 42.3 Å². The highest BCUT2D eigenvalue weighted by molar-refractivity contribution is 6.14. The first-order valence-corrected chi connectivity index (χ1v) is 8.34. The molecule has 3 rings (SSSR count). The summed E-state index contributed by atoms with van der Waals surface area (Å²) in [6, 6.07) is 12.9. The van der Waals surface area contributed by atoms with Crippen LogP contribution in [0.3, 0.4) is 0 Å². The molecule has 0 spiro atoms. The van der Waals surface area contributed by atoms with E-state index in [9.17, 15) is 9.59 Å². The van der Waals surface area contributed by atoms with Crippen molar-refractivity contribution in [2.45, 2.75) is 26.2 Å². The van der Waals surface area contributed by atoms with Gasteiger partial charge in [-0.25, -0.2) is 0 Å². The zero-order valence-electron chi connectivity index (χ0n) is 15.0. The molecule has 0 atom stereocenters. The minimum Gasteiger partial charge on any atom is -0.484 e. The van der Waals surface area contributed by atoms with E-state index in [4.69, 9.17) is 15.2 Å². The molecule has 134 valence electrons. The van der Waals surface area contributed by atoms with Crippen LogP contribution in [-0.2, 0) is 10.2 Å². The summed E-state index contributed by atoms with van der Waals surface area (Å²) in [4.78, 5) is 23.3. The van der Waals surface area contributed by atoms with E-state index in [1.165, 1.54) is 5.56 Å². The zero-order valence-corrected chi connectivity index (χ0v) is 15.0. The molecule has 0 bridgehead atoms. The number of benzene rings is 2. The number of carbonyl (C=O) groups excluding carboxylic acids is 2. The molecule has 0 radical (unpaired) electrons. The molecule has 0 fully saturated rings. The first-order chi connectivity index (χ1) is 12.2. The topological polar surface area (TPSA) is 78.6 Å². The normalized spacial score (nSPS) is 14.9. The van der Waals surface area contributed by atoms with Gasteiger partial charge in [0, 0.05) is 6.07 Å². The number of hydrogen-bond acceptors (Lipinski definition) is 4. The number of rotatable bonds is 4. The number of ketones is 1. The smallest absolute Gasteiger partial charge is 0.255 e. The molecule has 5 nitrogen and oxygen atoms in total. The summed E-state index contributed by atoms with van der Waals surface area (Å²) in [6.07, 6.45) is 1.72. The Labute approximate surface area is 152 Å². The third-order valence-electron chi connectivity index (χ3n) is 4.10. The van der Waals surface area contributed by atoms with Gasteiger partial charge in [0.05, 0.1) is 5.56 Å². The number of primary amides is 1. The number of amides is 1. The quantitative estimate of drug-likeness (QED) is 0.856. The second-order valence-electron chi connectivity index (χ2n) is 7.22. The first kappa shape index (κ1) is 17.7. The monoisotopic (exact) mass is 351 g/mol. The van der Waals surface area contributed by atoms with Gasteiger partial charge in [0.2, 0.25) is 5.78 Å². The molecule has 0 saturated carbocycles. The van der Waals surface area contributed by atoms with Crippen molar-refractivity contribution < 1.29 is 19.1 Å². The van der Waals surface area contributed by atoms with Crippen LogP contribution >= 0.6 is 0 Å². The van der Waals surface area contributed by atoms with Crippen LogP contribution in [0.4, 0.5) is 0 Å². The van der Waals surface area contributed by atoms with Gasteiger partial charge in [0.15, 0.2) is 12.4 Å². The summed E-state index contributed by atoms with van der Waals surface area (Å²) in [6.45, 7) is 6.23. The number of nitrogens with two attached hydrogens (primary N) is 1. The zero-order chi connectivity index (χ0) is 18.9. The lowest BCUT2D eigenvalue weighted by molar-refractivity contribution is -0.119. The van der Waals surface area contributed by atoms with Gasteiger partial charge in [-0.2, -0.15) is 0 Å². The highest BCUT2D eigenvalue weighted by Crippen LogP contribution is 2.35. The Kier molecular flexibility index (Phi) is 4.55. The van der Waals surface area contributed by atoms with Crippen LogP contribution in [0, 0.1) is 0 Å². The van der Waals surface area contributed by atoms with E-state index in [2.05, 4.69) is 32.9 Å². The van der Waals surface area contributed by atoms with Crippen molar-refractivity contribution in [1.29, 1.82) is 0 Å². The van der Waals surface area contributed by atoms with Crippen LogP contribution in [0.25, 0.3) is 6.08 Å². The molecular formula is C21H21NO4. The molecule has 2 aromatic rings. The van der Waals surface area contributed by atoms with Gasteiger partial charge >= 0.3 is 0 Å². The number of ether oxygens (including phenoxy) is 2. The van der Waals surface area contributed by atoms with E-state index in [1.54, 1.807) is 24.3 Å². The lowest BCUT2D eigenvalue weighted by atomic mass is 9.86. The van der Waals surface area contributed by atoms with Crippen molar-refractivity contribution >= 4 is 17.8 Å². The van der Waals surface area contributed by atoms with Crippen molar-refractivity contribution in [3.05, 3.63) is 64.9 Å². The molecule has 26 heavy (non-hydrogen) atoms. The highest BCUT2D eigenvalue weighted by Gasteiger charge is 2.27. The molecule has 1 heterocycles. The van der Waals surface area contributed by atoms with Crippen molar-refractivity contribution in [3.8, 4) is 11.5 Å². The third-order valence-corrected chi connectivity index (χ3v) is 4.10. The fraction of sp³-hybridized carbons (Fsp3) is 0.238. The Balaban J connectivity index is 1.80. The minimum atomic E-state index is -0.568. The van der Waals surface area contributed by atoms with Gasteiger partial charge in [0.25, 0.3) is 5.91 Å². The first-order valence-electron chi connectivity index (χ1n) is 8.34. The molecule has 2 aromatic carbocycles. The number of allylic oxidation sites excluding steroid dienone is 1. The fourth-order valence-corrected chi connectivity index (χ4v) is 2.64. The minimum absolute atomic E-state index is 0.0723. The van der Waals surface area contributed by atoms with Crippen LogP contribution in [0.2, 0.25) is 0 Å². The molecule has 1 aliphatic rings. The van der Waals surface area contributed by atoms with Gasteiger partial charge in [-0.15, -0.1) is 0 Å². The summed E-state index contributed by atoms with van der Waals surface area (Å²) >= 11 is 0. The van der Waals surface area contributed by atoms with Crippen molar-refractivity contribution in [3.63, 3.8) is 0 Å². The maximum atomic E-state index is 12.5. The predicted octanol–water partition coefficient (Wildman–Crippen LogP) is 3.46. The van der Waals surface area contributed by atoms with E-state index in [0.717, 1.165) is 5.56 Å². The van der Waals surface area contributed by atoms with Crippen molar-refractivity contribution in [1.82, 2.24) is 0 Å². The molecule has 1 aliphatic heterocycles. The SMILES string of the molecule is CC(C)(C)c1ccc(C=C2Oc3cc(OCC(N)=O)ccc3C2=O)cc1. The van der Waals surface area contributed by atoms with Gasteiger partial charge in [-0.05, 0) is 34.8 Å². The predicted molar refractivity (Wildman–Crippen MR) is 99.2 cm³/mol. The second-order valence-corrected chi connectivity index (χ2v) is 7.22. The molecule has 1 amide bonds. The van der Waals surface area contributed by atoms with Crippen LogP contribution < -0.4 is 15.2 Å². The van der Waals surface area contributed by atoms with E-state index in [-0.39, 0.29) is 23.6 Å². The summed E-state index contributed by atoms with van der Waals surface area (Å²) < 4.78 is 10.9. The molecule has 0 aromatic heterocycles. The lowest BCUT2D eigenvalue weighted by Crippen LogP contribution is -2.19. The Morgan fingerprint density at radius 2 is 1.85 bits per heavy atom. The van der Waals surface area contributed by atoms with Crippen LogP contribution in [-0.4, -0.2) is 18.3 Å².